The number of β-amino-alcohol motifs (C(OH)–C–C–N with tert-alkyl or cyclic N) is 1. The highest BCUT2D eigenvalue weighted by Gasteiger charge is 2.56. The molecule has 3 fully saturated rings. The van der Waals surface area contributed by atoms with Crippen LogP contribution in [0.1, 0.15) is 19.8 Å². The van der Waals surface area contributed by atoms with E-state index in [9.17, 15) is 5.11 Å². The van der Waals surface area contributed by atoms with Gasteiger partial charge in [0.25, 0.3) is 0 Å². The van der Waals surface area contributed by atoms with Crippen LogP contribution in [-0.4, -0.2) is 93.0 Å². The van der Waals surface area contributed by atoms with E-state index < -0.39 is 5.60 Å². The molecule has 34 heavy (non-hydrogen) atoms. The molecule has 184 valence electrons. The van der Waals surface area contributed by atoms with Gasteiger partial charge in [-0.05, 0) is 55.2 Å². The van der Waals surface area contributed by atoms with Crippen LogP contribution in [0.3, 0.4) is 0 Å². The molecule has 3 aromatic heterocycles. The van der Waals surface area contributed by atoms with Gasteiger partial charge in [0.1, 0.15) is 22.5 Å². The van der Waals surface area contributed by atoms with Crippen molar-refractivity contribution in [3.8, 4) is 6.01 Å². The molecule has 11 heteroatoms. The van der Waals surface area contributed by atoms with Crippen LogP contribution in [-0.2, 0) is 18.8 Å². The van der Waals surface area contributed by atoms with Crippen LogP contribution < -0.4 is 9.64 Å². The summed E-state index contributed by atoms with van der Waals surface area (Å²) in [5.41, 5.74) is 1.93. The standard InChI is InChI=1S/C23H32BrN7O3/c1-22(32)10-31(7-8-33-12-22)20-15-16-17(18(24)27-30(16)4)29(3)19(15)25-21(26-20)34-13-23-9-14(23)5-6-28(2)11-23/h14,32H,5-13H2,1-4H3/t14?,22-,23?/m0/s1. The predicted molar refractivity (Wildman–Crippen MR) is 132 cm³/mol. The van der Waals surface area contributed by atoms with E-state index in [1.165, 1.54) is 12.8 Å². The Morgan fingerprint density at radius 3 is 2.82 bits per heavy atom. The Bertz CT molecular complexity index is 1270. The van der Waals surface area contributed by atoms with Crippen molar-refractivity contribution in [3.63, 3.8) is 0 Å². The number of piperidine rings is 1. The minimum Gasteiger partial charge on any atom is -0.463 e. The number of ether oxygens (including phenoxy) is 2. The Balaban J connectivity index is 1.45. The Morgan fingerprint density at radius 1 is 1.18 bits per heavy atom. The van der Waals surface area contributed by atoms with E-state index in [0.29, 0.717) is 38.9 Å². The van der Waals surface area contributed by atoms with Gasteiger partial charge in [0.2, 0.25) is 0 Å². The molecule has 10 nitrogen and oxygen atoms in total. The summed E-state index contributed by atoms with van der Waals surface area (Å²) in [6.07, 6.45) is 2.45. The van der Waals surface area contributed by atoms with Gasteiger partial charge in [-0.3, -0.25) is 4.68 Å². The highest BCUT2D eigenvalue weighted by Crippen LogP contribution is 2.57. The lowest BCUT2D eigenvalue weighted by Crippen LogP contribution is -2.42. The van der Waals surface area contributed by atoms with E-state index >= 15 is 0 Å². The summed E-state index contributed by atoms with van der Waals surface area (Å²) in [6, 6.07) is 0.385. The summed E-state index contributed by atoms with van der Waals surface area (Å²) in [5, 5.41) is 16.3. The number of likely N-dealkylation sites (tertiary alicyclic amines) is 1. The van der Waals surface area contributed by atoms with E-state index in [0.717, 1.165) is 51.5 Å². The van der Waals surface area contributed by atoms with Crippen molar-refractivity contribution in [3.05, 3.63) is 4.60 Å². The van der Waals surface area contributed by atoms with E-state index in [-0.39, 0.29) is 5.41 Å². The molecule has 3 atom stereocenters. The molecule has 1 aliphatic carbocycles. The van der Waals surface area contributed by atoms with Gasteiger partial charge in [0.15, 0.2) is 10.3 Å². The van der Waals surface area contributed by atoms with Gasteiger partial charge in [-0.1, -0.05) is 0 Å². The molecule has 0 bridgehead atoms. The fourth-order valence-electron chi connectivity index (χ4n) is 5.97. The predicted octanol–water partition coefficient (Wildman–Crippen LogP) is 1.93. The highest BCUT2D eigenvalue weighted by atomic mass is 79.9. The molecule has 0 spiro atoms. The smallest absolute Gasteiger partial charge is 0.320 e. The second-order valence-electron chi connectivity index (χ2n) is 10.7. The Labute approximate surface area is 206 Å². The van der Waals surface area contributed by atoms with E-state index in [1.54, 1.807) is 6.92 Å². The molecular formula is C23H32BrN7O3. The normalized spacial score (nSPS) is 30.1. The number of aryl methyl sites for hydroxylation is 2. The SMILES string of the molecule is CN1CCC2CC2(COc2nc(N3CCOC[C@@](C)(O)C3)c3c4c(c(Br)nn4C)n(C)c3n2)C1. The Kier molecular flexibility index (Phi) is 5.15. The quantitative estimate of drug-likeness (QED) is 0.543. The summed E-state index contributed by atoms with van der Waals surface area (Å²) in [6.45, 7) is 6.48. The maximum absolute atomic E-state index is 10.9. The maximum atomic E-state index is 10.9. The Hall–Kier alpha value is -1.95. The monoisotopic (exact) mass is 533 g/mol. The molecule has 1 N–H and O–H groups in total. The van der Waals surface area contributed by atoms with Crippen molar-refractivity contribution < 1.29 is 14.6 Å². The fourth-order valence-corrected chi connectivity index (χ4v) is 6.66. The first-order valence-corrected chi connectivity index (χ1v) is 12.7. The zero-order valence-corrected chi connectivity index (χ0v) is 21.8. The third-order valence-corrected chi connectivity index (χ3v) is 8.30. The molecule has 2 unspecified atom stereocenters. The van der Waals surface area contributed by atoms with Crippen molar-refractivity contribution in [2.24, 2.45) is 25.4 Å². The first kappa shape index (κ1) is 22.5. The summed E-state index contributed by atoms with van der Waals surface area (Å²) in [5.74, 6) is 1.49. The molecule has 0 amide bonds. The Morgan fingerprint density at radius 2 is 2.00 bits per heavy atom. The van der Waals surface area contributed by atoms with Crippen LogP contribution in [0.2, 0.25) is 0 Å². The third kappa shape index (κ3) is 3.59. The first-order chi connectivity index (χ1) is 16.2. The van der Waals surface area contributed by atoms with E-state index in [2.05, 4.69) is 37.9 Å². The van der Waals surface area contributed by atoms with Crippen LogP contribution in [0, 0.1) is 11.3 Å². The average molecular weight is 534 g/mol. The van der Waals surface area contributed by atoms with Crippen LogP contribution in [0.15, 0.2) is 4.60 Å². The lowest BCUT2D eigenvalue weighted by atomic mass is 9.99. The van der Waals surface area contributed by atoms with Crippen molar-refractivity contribution in [1.29, 1.82) is 0 Å². The average Bonchev–Trinajstić information content (AvgIpc) is 3.36. The van der Waals surface area contributed by atoms with Crippen LogP contribution in [0.4, 0.5) is 5.82 Å². The number of nitrogens with zero attached hydrogens (tertiary/aromatic N) is 7. The fraction of sp³-hybridized carbons (Fsp3) is 0.696. The summed E-state index contributed by atoms with van der Waals surface area (Å²) >= 11 is 3.61. The molecule has 1 saturated carbocycles. The maximum Gasteiger partial charge on any atom is 0.320 e. The van der Waals surface area contributed by atoms with Gasteiger partial charge in [-0.15, -0.1) is 0 Å². The van der Waals surface area contributed by atoms with Gasteiger partial charge in [-0.25, -0.2) is 0 Å². The minimum atomic E-state index is -0.984. The van der Waals surface area contributed by atoms with Crippen molar-refractivity contribution in [2.75, 3.05) is 57.9 Å². The number of anilines is 1. The molecule has 3 aliphatic rings. The van der Waals surface area contributed by atoms with Gasteiger partial charge < -0.3 is 28.9 Å². The number of hydrogen-bond donors (Lipinski definition) is 1. The van der Waals surface area contributed by atoms with Crippen LogP contribution in [0.25, 0.3) is 22.1 Å². The highest BCUT2D eigenvalue weighted by molar-refractivity contribution is 9.10. The second-order valence-corrected chi connectivity index (χ2v) is 11.5. The van der Waals surface area contributed by atoms with Crippen molar-refractivity contribution in [2.45, 2.75) is 25.4 Å². The van der Waals surface area contributed by atoms with Gasteiger partial charge in [0.05, 0.1) is 31.8 Å². The number of rotatable bonds is 4. The first-order valence-electron chi connectivity index (χ1n) is 11.9. The largest absolute Gasteiger partial charge is 0.463 e. The lowest BCUT2D eigenvalue weighted by Gasteiger charge is -2.30. The second kappa shape index (κ2) is 7.78. The topological polar surface area (TPSA) is 93.7 Å². The molecule has 6 rings (SSSR count). The van der Waals surface area contributed by atoms with Crippen molar-refractivity contribution in [1.82, 2.24) is 29.2 Å². The number of aromatic nitrogens is 5. The summed E-state index contributed by atoms with van der Waals surface area (Å²) in [4.78, 5) is 14.3. The zero-order valence-electron chi connectivity index (χ0n) is 20.2. The van der Waals surface area contributed by atoms with Gasteiger partial charge >= 0.3 is 6.01 Å². The number of hydrogen-bond acceptors (Lipinski definition) is 8. The number of fused-ring (bicyclic) bond motifs is 4. The molecular weight excluding hydrogens is 502 g/mol. The molecule has 3 aromatic rings. The van der Waals surface area contributed by atoms with Gasteiger partial charge in [-0.2, -0.15) is 15.1 Å². The summed E-state index contributed by atoms with van der Waals surface area (Å²) in [7, 11) is 6.10. The lowest BCUT2D eigenvalue weighted by molar-refractivity contribution is -0.0123. The molecule has 0 radical (unpaired) electrons. The number of aliphatic hydroxyl groups is 1. The van der Waals surface area contributed by atoms with Crippen LogP contribution >= 0.6 is 15.9 Å². The van der Waals surface area contributed by atoms with Gasteiger partial charge in [0, 0.05) is 32.6 Å². The number of halogens is 1. The molecule has 2 aliphatic heterocycles. The minimum absolute atomic E-state index is 0.220. The zero-order chi connectivity index (χ0) is 23.8. The molecule has 2 saturated heterocycles. The van der Waals surface area contributed by atoms with E-state index in [4.69, 9.17) is 19.4 Å². The molecule has 5 heterocycles. The van der Waals surface area contributed by atoms with Crippen LogP contribution in [0.5, 0.6) is 6.01 Å². The third-order valence-electron chi connectivity index (χ3n) is 7.76. The molecule has 0 aromatic carbocycles. The van der Waals surface area contributed by atoms with E-state index in [1.807, 2.05) is 23.3 Å². The summed E-state index contributed by atoms with van der Waals surface area (Å²) < 4.78 is 16.7. The van der Waals surface area contributed by atoms with Crippen molar-refractivity contribution >= 4 is 43.8 Å².